The fourth-order valence-corrected chi connectivity index (χ4v) is 2.72. The summed E-state index contributed by atoms with van der Waals surface area (Å²) < 4.78 is 0. The molecule has 1 unspecified atom stereocenters. The second kappa shape index (κ2) is 6.57. The number of anilines is 1. The molecule has 4 heteroatoms. The number of nitrogens with two attached hydrogens (primary N) is 2. The van der Waals surface area contributed by atoms with Crippen LogP contribution in [0, 0.1) is 0 Å². The molecule has 0 radical (unpaired) electrons. The van der Waals surface area contributed by atoms with Gasteiger partial charge in [-0.15, -0.1) is 0 Å². The number of hydrogen-bond acceptors (Lipinski definition) is 3. The summed E-state index contributed by atoms with van der Waals surface area (Å²) >= 11 is 0. The van der Waals surface area contributed by atoms with Crippen LogP contribution >= 0.6 is 0 Å². The van der Waals surface area contributed by atoms with Gasteiger partial charge in [-0.2, -0.15) is 0 Å². The first-order valence-corrected chi connectivity index (χ1v) is 7.05. The summed E-state index contributed by atoms with van der Waals surface area (Å²) in [6, 6.07) is 7.97. The maximum atomic E-state index is 12.3. The van der Waals surface area contributed by atoms with E-state index in [1.54, 1.807) is 0 Å². The number of rotatable bonds is 4. The molecular weight excluding hydrogens is 238 g/mol. The zero-order chi connectivity index (χ0) is 13.7. The molecule has 1 amide bonds. The van der Waals surface area contributed by atoms with Gasteiger partial charge in [0.25, 0.3) is 0 Å². The van der Waals surface area contributed by atoms with Crippen LogP contribution in [0.25, 0.3) is 0 Å². The molecule has 0 spiro atoms. The molecule has 1 aliphatic heterocycles. The van der Waals surface area contributed by atoms with E-state index in [1.807, 2.05) is 29.2 Å². The fourth-order valence-electron chi connectivity index (χ4n) is 2.72. The SMILES string of the molecule is NCC1CCCCN1C(=O)CCc1ccccc1N. The number of nitrogen functional groups attached to an aromatic ring is 1. The minimum atomic E-state index is 0.207. The van der Waals surface area contributed by atoms with E-state index >= 15 is 0 Å². The molecule has 0 aromatic heterocycles. The lowest BCUT2D eigenvalue weighted by atomic mass is 10.0. The van der Waals surface area contributed by atoms with Crippen LogP contribution in [-0.4, -0.2) is 29.9 Å². The molecule has 104 valence electrons. The molecular formula is C15H23N3O. The highest BCUT2D eigenvalue weighted by molar-refractivity contribution is 5.77. The molecule has 1 aliphatic rings. The highest BCUT2D eigenvalue weighted by Crippen LogP contribution is 2.19. The van der Waals surface area contributed by atoms with Crippen LogP contribution in [-0.2, 0) is 11.2 Å². The van der Waals surface area contributed by atoms with Crippen molar-refractivity contribution in [2.45, 2.75) is 38.1 Å². The number of hydrogen-bond donors (Lipinski definition) is 2. The molecule has 0 bridgehead atoms. The highest BCUT2D eigenvalue weighted by atomic mass is 16.2. The summed E-state index contributed by atoms with van der Waals surface area (Å²) in [5, 5.41) is 0. The van der Waals surface area contributed by atoms with Crippen LogP contribution in [0.3, 0.4) is 0 Å². The number of para-hydroxylation sites is 1. The minimum Gasteiger partial charge on any atom is -0.399 e. The van der Waals surface area contributed by atoms with E-state index in [4.69, 9.17) is 11.5 Å². The van der Waals surface area contributed by atoms with Gasteiger partial charge < -0.3 is 16.4 Å². The first-order valence-electron chi connectivity index (χ1n) is 7.05. The minimum absolute atomic E-state index is 0.207. The van der Waals surface area contributed by atoms with Crippen molar-refractivity contribution in [2.75, 3.05) is 18.8 Å². The lowest BCUT2D eigenvalue weighted by Gasteiger charge is -2.35. The lowest BCUT2D eigenvalue weighted by Crippen LogP contribution is -2.47. The predicted octanol–water partition coefficient (Wildman–Crippen LogP) is 1.54. The number of carbonyl (C=O) groups is 1. The number of carbonyl (C=O) groups excluding carboxylic acids is 1. The van der Waals surface area contributed by atoms with Crippen molar-refractivity contribution in [1.82, 2.24) is 4.90 Å². The standard InChI is InChI=1S/C15H23N3O/c16-11-13-6-3-4-10-18(13)15(19)9-8-12-5-1-2-7-14(12)17/h1-2,5,7,13H,3-4,6,8-11,16-17H2. The van der Waals surface area contributed by atoms with E-state index in [0.717, 1.165) is 30.6 Å². The quantitative estimate of drug-likeness (QED) is 0.808. The zero-order valence-electron chi connectivity index (χ0n) is 11.3. The lowest BCUT2D eigenvalue weighted by molar-refractivity contribution is -0.134. The molecule has 19 heavy (non-hydrogen) atoms. The number of amides is 1. The average Bonchev–Trinajstić information content (AvgIpc) is 2.46. The number of likely N-dealkylation sites (tertiary alicyclic amines) is 1. The summed E-state index contributed by atoms with van der Waals surface area (Å²) in [6.45, 7) is 1.42. The van der Waals surface area contributed by atoms with Gasteiger partial charge in [0.15, 0.2) is 0 Å². The number of piperidine rings is 1. The van der Waals surface area contributed by atoms with E-state index in [9.17, 15) is 4.79 Å². The van der Waals surface area contributed by atoms with Crippen molar-refractivity contribution < 1.29 is 4.79 Å². The van der Waals surface area contributed by atoms with Crippen LogP contribution in [0.15, 0.2) is 24.3 Å². The molecule has 0 saturated carbocycles. The molecule has 2 rings (SSSR count). The van der Waals surface area contributed by atoms with Crippen molar-refractivity contribution in [2.24, 2.45) is 5.73 Å². The Morgan fingerprint density at radius 1 is 1.32 bits per heavy atom. The van der Waals surface area contributed by atoms with Gasteiger partial charge in [-0.1, -0.05) is 18.2 Å². The van der Waals surface area contributed by atoms with Gasteiger partial charge in [0.05, 0.1) is 0 Å². The van der Waals surface area contributed by atoms with Crippen LogP contribution < -0.4 is 11.5 Å². The third kappa shape index (κ3) is 3.47. The number of benzene rings is 1. The van der Waals surface area contributed by atoms with Crippen LogP contribution in [0.5, 0.6) is 0 Å². The average molecular weight is 261 g/mol. The summed E-state index contributed by atoms with van der Waals surface area (Å²) in [7, 11) is 0. The molecule has 1 atom stereocenters. The summed E-state index contributed by atoms with van der Waals surface area (Å²) in [6.07, 6.45) is 4.53. The monoisotopic (exact) mass is 261 g/mol. The second-order valence-electron chi connectivity index (χ2n) is 5.17. The zero-order valence-corrected chi connectivity index (χ0v) is 11.3. The Labute approximate surface area is 114 Å². The van der Waals surface area contributed by atoms with E-state index in [2.05, 4.69) is 0 Å². The van der Waals surface area contributed by atoms with Crippen molar-refractivity contribution in [3.63, 3.8) is 0 Å². The molecule has 4 N–H and O–H groups in total. The van der Waals surface area contributed by atoms with Gasteiger partial charge in [-0.05, 0) is 37.3 Å². The smallest absolute Gasteiger partial charge is 0.223 e. The van der Waals surface area contributed by atoms with Gasteiger partial charge in [-0.25, -0.2) is 0 Å². The molecule has 1 aromatic carbocycles. The Kier molecular flexibility index (Phi) is 4.80. The molecule has 1 aromatic rings. The Hall–Kier alpha value is -1.55. The first-order chi connectivity index (χ1) is 9.22. The van der Waals surface area contributed by atoms with Gasteiger partial charge in [-0.3, -0.25) is 4.79 Å². The van der Waals surface area contributed by atoms with Crippen molar-refractivity contribution in [3.8, 4) is 0 Å². The number of nitrogens with zero attached hydrogens (tertiary/aromatic N) is 1. The maximum Gasteiger partial charge on any atom is 0.223 e. The van der Waals surface area contributed by atoms with Gasteiger partial charge in [0, 0.05) is 31.2 Å². The molecule has 1 heterocycles. The largest absolute Gasteiger partial charge is 0.399 e. The van der Waals surface area contributed by atoms with Crippen LogP contribution in [0.2, 0.25) is 0 Å². The predicted molar refractivity (Wildman–Crippen MR) is 77.6 cm³/mol. The number of aryl methyl sites for hydroxylation is 1. The fraction of sp³-hybridized carbons (Fsp3) is 0.533. The Morgan fingerprint density at radius 3 is 2.84 bits per heavy atom. The molecule has 0 aliphatic carbocycles. The van der Waals surface area contributed by atoms with Gasteiger partial charge in [0.1, 0.15) is 0 Å². The summed E-state index contributed by atoms with van der Waals surface area (Å²) in [5.74, 6) is 0.207. The topological polar surface area (TPSA) is 72.3 Å². The van der Waals surface area contributed by atoms with E-state index in [-0.39, 0.29) is 11.9 Å². The Bertz CT molecular complexity index is 433. The van der Waals surface area contributed by atoms with Crippen molar-refractivity contribution in [3.05, 3.63) is 29.8 Å². The van der Waals surface area contributed by atoms with Crippen molar-refractivity contribution >= 4 is 11.6 Å². The summed E-state index contributed by atoms with van der Waals surface area (Å²) in [5.41, 5.74) is 13.5. The van der Waals surface area contributed by atoms with Crippen molar-refractivity contribution in [1.29, 1.82) is 0 Å². The highest BCUT2D eigenvalue weighted by Gasteiger charge is 2.25. The normalized spacial score (nSPS) is 19.4. The molecule has 4 nitrogen and oxygen atoms in total. The first kappa shape index (κ1) is 13.9. The van der Waals surface area contributed by atoms with Crippen LogP contribution in [0.1, 0.15) is 31.2 Å². The van der Waals surface area contributed by atoms with Gasteiger partial charge in [0.2, 0.25) is 5.91 Å². The maximum absolute atomic E-state index is 12.3. The van der Waals surface area contributed by atoms with E-state index < -0.39 is 0 Å². The van der Waals surface area contributed by atoms with Gasteiger partial charge >= 0.3 is 0 Å². The van der Waals surface area contributed by atoms with E-state index in [0.29, 0.717) is 19.4 Å². The van der Waals surface area contributed by atoms with Crippen LogP contribution in [0.4, 0.5) is 5.69 Å². The van der Waals surface area contributed by atoms with E-state index in [1.165, 1.54) is 6.42 Å². The Morgan fingerprint density at radius 2 is 2.11 bits per heavy atom. The summed E-state index contributed by atoms with van der Waals surface area (Å²) in [4.78, 5) is 14.2. The second-order valence-corrected chi connectivity index (χ2v) is 5.17. The third-order valence-corrected chi connectivity index (χ3v) is 3.88. The Balaban J connectivity index is 1.92. The molecule has 1 fully saturated rings. The molecule has 1 saturated heterocycles. The third-order valence-electron chi connectivity index (χ3n) is 3.88.